The molecule has 0 aromatic carbocycles. The molecule has 2 rings (SSSR count). The number of hydrogen-bond donors (Lipinski definition) is 1. The summed E-state index contributed by atoms with van der Waals surface area (Å²) < 4.78 is 2.59. The molecule has 0 aliphatic heterocycles. The third-order valence-electron chi connectivity index (χ3n) is 2.59. The van der Waals surface area contributed by atoms with Crippen LogP contribution in [0.15, 0.2) is 10.8 Å². The molecule has 2 aromatic rings. The molecule has 1 unspecified atom stereocenters. The van der Waals surface area contributed by atoms with E-state index in [0.29, 0.717) is 12.0 Å². The molecule has 0 bridgehead atoms. The summed E-state index contributed by atoms with van der Waals surface area (Å²) in [6, 6.07) is 0.374. The molecule has 0 fully saturated rings. The SMILES string of the molecule is CCCC(C)Nc1nc(C)c2ncc(Br)n2n1. The van der Waals surface area contributed by atoms with Gasteiger partial charge < -0.3 is 5.32 Å². The fourth-order valence-corrected chi connectivity index (χ4v) is 2.13. The normalized spacial score (nSPS) is 12.9. The van der Waals surface area contributed by atoms with E-state index in [1.54, 1.807) is 10.7 Å². The van der Waals surface area contributed by atoms with Crippen molar-refractivity contribution in [2.45, 2.75) is 39.7 Å². The van der Waals surface area contributed by atoms with Crippen LogP contribution in [-0.4, -0.2) is 25.6 Å². The molecule has 0 aliphatic carbocycles. The molecule has 0 radical (unpaired) electrons. The Kier molecular flexibility index (Phi) is 3.61. The molecule has 6 heteroatoms. The van der Waals surface area contributed by atoms with Gasteiger partial charge in [-0.25, -0.2) is 14.5 Å². The first-order valence-corrected chi connectivity index (χ1v) is 6.55. The second-order valence-corrected chi connectivity index (χ2v) is 4.98. The first-order valence-electron chi connectivity index (χ1n) is 5.76. The highest BCUT2D eigenvalue weighted by molar-refractivity contribution is 9.10. The monoisotopic (exact) mass is 297 g/mol. The summed E-state index contributed by atoms with van der Waals surface area (Å²) in [4.78, 5) is 8.65. The number of aryl methyl sites for hydroxylation is 1. The highest BCUT2D eigenvalue weighted by Crippen LogP contribution is 2.15. The molecule has 2 heterocycles. The molecule has 17 heavy (non-hydrogen) atoms. The molecule has 92 valence electrons. The lowest BCUT2D eigenvalue weighted by Crippen LogP contribution is -2.18. The Labute approximate surface area is 109 Å². The molecule has 1 atom stereocenters. The standard InChI is InChI=1S/C11H16BrN5/c1-4-5-7(2)14-11-15-8(3)10-13-6-9(12)17(10)16-11/h6-7H,4-5H2,1-3H3,(H,14,16). The first-order chi connectivity index (χ1) is 8.11. The lowest BCUT2D eigenvalue weighted by atomic mass is 10.2. The predicted octanol–water partition coefficient (Wildman–Crippen LogP) is 2.80. The number of rotatable bonds is 4. The maximum absolute atomic E-state index is 4.41. The molecule has 0 amide bonds. The molecule has 0 spiro atoms. The van der Waals surface area contributed by atoms with E-state index in [-0.39, 0.29) is 0 Å². The van der Waals surface area contributed by atoms with Crippen molar-refractivity contribution in [3.63, 3.8) is 0 Å². The van der Waals surface area contributed by atoms with Gasteiger partial charge in [0.2, 0.25) is 5.95 Å². The van der Waals surface area contributed by atoms with Gasteiger partial charge in [0, 0.05) is 6.04 Å². The Bertz CT molecular complexity index is 522. The van der Waals surface area contributed by atoms with Gasteiger partial charge in [0.1, 0.15) is 4.60 Å². The number of hydrogen-bond acceptors (Lipinski definition) is 4. The summed E-state index contributed by atoms with van der Waals surface area (Å²) in [7, 11) is 0. The lowest BCUT2D eigenvalue weighted by Gasteiger charge is -2.13. The smallest absolute Gasteiger partial charge is 0.241 e. The van der Waals surface area contributed by atoms with Crippen molar-refractivity contribution in [2.75, 3.05) is 5.32 Å². The van der Waals surface area contributed by atoms with Crippen molar-refractivity contribution in [3.8, 4) is 0 Å². The quantitative estimate of drug-likeness (QED) is 0.943. The Morgan fingerprint density at radius 2 is 2.29 bits per heavy atom. The fraction of sp³-hybridized carbons (Fsp3) is 0.545. The zero-order chi connectivity index (χ0) is 12.4. The van der Waals surface area contributed by atoms with E-state index in [2.05, 4.69) is 50.2 Å². The Hall–Kier alpha value is -1.17. The van der Waals surface area contributed by atoms with Crippen molar-refractivity contribution < 1.29 is 0 Å². The van der Waals surface area contributed by atoms with E-state index >= 15 is 0 Å². The maximum atomic E-state index is 4.41. The van der Waals surface area contributed by atoms with E-state index in [1.165, 1.54) is 0 Å². The minimum absolute atomic E-state index is 0.374. The maximum Gasteiger partial charge on any atom is 0.241 e. The molecular formula is C11H16BrN5. The highest BCUT2D eigenvalue weighted by Gasteiger charge is 2.10. The van der Waals surface area contributed by atoms with Crippen LogP contribution in [0.2, 0.25) is 0 Å². The minimum atomic E-state index is 0.374. The van der Waals surface area contributed by atoms with Crippen molar-refractivity contribution in [2.24, 2.45) is 0 Å². The van der Waals surface area contributed by atoms with Gasteiger partial charge in [-0.15, -0.1) is 5.10 Å². The van der Waals surface area contributed by atoms with E-state index in [0.717, 1.165) is 28.8 Å². The summed E-state index contributed by atoms with van der Waals surface area (Å²) >= 11 is 3.41. The summed E-state index contributed by atoms with van der Waals surface area (Å²) in [6.07, 6.45) is 3.98. The van der Waals surface area contributed by atoms with Gasteiger partial charge in [-0.3, -0.25) is 0 Å². The van der Waals surface area contributed by atoms with Gasteiger partial charge in [0.05, 0.1) is 11.9 Å². The number of aromatic nitrogens is 4. The average molecular weight is 298 g/mol. The van der Waals surface area contributed by atoms with Crippen molar-refractivity contribution in [1.82, 2.24) is 19.6 Å². The zero-order valence-electron chi connectivity index (χ0n) is 10.2. The predicted molar refractivity (Wildman–Crippen MR) is 71.2 cm³/mol. The van der Waals surface area contributed by atoms with Crippen LogP contribution >= 0.6 is 15.9 Å². The second-order valence-electron chi connectivity index (χ2n) is 4.17. The van der Waals surface area contributed by atoms with E-state index in [1.807, 2.05) is 6.92 Å². The minimum Gasteiger partial charge on any atom is -0.351 e. The number of fused-ring (bicyclic) bond motifs is 1. The van der Waals surface area contributed by atoms with Gasteiger partial charge in [0.15, 0.2) is 5.65 Å². The summed E-state index contributed by atoms with van der Waals surface area (Å²) in [6.45, 7) is 6.24. The summed E-state index contributed by atoms with van der Waals surface area (Å²) in [5.74, 6) is 0.648. The van der Waals surface area contributed by atoms with Crippen LogP contribution in [-0.2, 0) is 0 Å². The largest absolute Gasteiger partial charge is 0.351 e. The van der Waals surface area contributed by atoms with Crippen LogP contribution in [0.25, 0.3) is 5.65 Å². The summed E-state index contributed by atoms with van der Waals surface area (Å²) in [5, 5.41) is 7.70. The van der Waals surface area contributed by atoms with Crippen molar-refractivity contribution in [1.29, 1.82) is 0 Å². The van der Waals surface area contributed by atoms with Gasteiger partial charge in [-0.05, 0) is 36.2 Å². The Balaban J connectivity index is 2.32. The summed E-state index contributed by atoms with van der Waals surface area (Å²) in [5.41, 5.74) is 1.66. The lowest BCUT2D eigenvalue weighted by molar-refractivity contribution is 0.677. The highest BCUT2D eigenvalue weighted by atomic mass is 79.9. The van der Waals surface area contributed by atoms with Gasteiger partial charge in [-0.1, -0.05) is 13.3 Å². The number of nitrogens with zero attached hydrogens (tertiary/aromatic N) is 4. The Morgan fingerprint density at radius 3 is 3.00 bits per heavy atom. The third-order valence-corrected chi connectivity index (χ3v) is 3.13. The first kappa shape index (κ1) is 12.3. The zero-order valence-corrected chi connectivity index (χ0v) is 11.8. The van der Waals surface area contributed by atoms with Crippen LogP contribution in [0.1, 0.15) is 32.4 Å². The molecule has 0 aliphatic rings. The molecule has 2 aromatic heterocycles. The van der Waals surface area contributed by atoms with Gasteiger partial charge in [0.25, 0.3) is 0 Å². The molecule has 0 saturated carbocycles. The molecular weight excluding hydrogens is 282 g/mol. The van der Waals surface area contributed by atoms with E-state index in [4.69, 9.17) is 0 Å². The second kappa shape index (κ2) is 5.00. The average Bonchev–Trinajstić information content (AvgIpc) is 2.61. The van der Waals surface area contributed by atoms with Gasteiger partial charge in [-0.2, -0.15) is 0 Å². The van der Waals surface area contributed by atoms with Crippen molar-refractivity contribution in [3.05, 3.63) is 16.5 Å². The van der Waals surface area contributed by atoms with Crippen molar-refractivity contribution >= 4 is 27.5 Å². The number of anilines is 1. The fourth-order valence-electron chi connectivity index (χ4n) is 1.78. The molecule has 5 nitrogen and oxygen atoms in total. The number of halogens is 1. The van der Waals surface area contributed by atoms with E-state index < -0.39 is 0 Å². The number of nitrogens with one attached hydrogen (secondary N) is 1. The number of imidazole rings is 1. The van der Waals surface area contributed by atoms with Crippen LogP contribution in [0, 0.1) is 6.92 Å². The van der Waals surface area contributed by atoms with Crippen LogP contribution in [0.4, 0.5) is 5.95 Å². The van der Waals surface area contributed by atoms with Gasteiger partial charge >= 0.3 is 0 Å². The van der Waals surface area contributed by atoms with Crippen LogP contribution < -0.4 is 5.32 Å². The molecule has 0 saturated heterocycles. The Morgan fingerprint density at radius 1 is 1.53 bits per heavy atom. The van der Waals surface area contributed by atoms with E-state index in [9.17, 15) is 0 Å². The topological polar surface area (TPSA) is 55.1 Å². The van der Waals surface area contributed by atoms with Crippen LogP contribution in [0.5, 0.6) is 0 Å². The third kappa shape index (κ3) is 2.57. The molecule has 1 N–H and O–H groups in total. The van der Waals surface area contributed by atoms with Crippen LogP contribution in [0.3, 0.4) is 0 Å².